The van der Waals surface area contributed by atoms with Gasteiger partial charge in [-0.3, -0.25) is 19.2 Å². The first kappa shape index (κ1) is 33.9. The van der Waals surface area contributed by atoms with Crippen LogP contribution in [0.2, 0.25) is 0 Å². The van der Waals surface area contributed by atoms with Crippen molar-refractivity contribution in [3.05, 3.63) is 0 Å². The molecular weight excluding hydrogens is 470 g/mol. The first-order valence-corrected chi connectivity index (χ1v) is 12.8. The van der Waals surface area contributed by atoms with Crippen molar-refractivity contribution in [2.24, 2.45) is 5.92 Å². The molecule has 0 aromatic heterocycles. The lowest BCUT2D eigenvalue weighted by Gasteiger charge is -2.24. The number of ketones is 1. The third-order valence-electron chi connectivity index (χ3n) is 5.23. The van der Waals surface area contributed by atoms with Crippen molar-refractivity contribution in [2.45, 2.75) is 71.9 Å². The average Bonchev–Trinajstić information content (AvgIpc) is 2.83. The first-order chi connectivity index (χ1) is 17.2. The van der Waals surface area contributed by atoms with Crippen LogP contribution in [-0.2, 0) is 38.1 Å². The van der Waals surface area contributed by atoms with E-state index in [1.54, 1.807) is 7.11 Å². The van der Waals surface area contributed by atoms with Gasteiger partial charge in [0.2, 0.25) is 17.7 Å². The molecule has 0 saturated heterocycles. The van der Waals surface area contributed by atoms with Crippen LogP contribution in [0.25, 0.3) is 0 Å². The molecule has 0 aliphatic heterocycles. The minimum absolute atomic E-state index is 0.0753. The maximum atomic E-state index is 12.7. The summed E-state index contributed by atoms with van der Waals surface area (Å²) in [6.07, 6.45) is 2.22. The van der Waals surface area contributed by atoms with E-state index >= 15 is 0 Å². The van der Waals surface area contributed by atoms with Crippen molar-refractivity contribution in [1.82, 2.24) is 16.0 Å². The minimum Gasteiger partial charge on any atom is -0.382 e. The summed E-state index contributed by atoms with van der Waals surface area (Å²) in [7, 11) is 1.62. The van der Waals surface area contributed by atoms with Crippen LogP contribution in [0, 0.1) is 5.92 Å². The Morgan fingerprint density at radius 2 is 1.36 bits per heavy atom. The standard InChI is InChI=1S/C25H47N3O8/c1-6-7-8-23(31)28-24(19(2)3)25(32)27-21(20(4)29)9-10-22(30)26-11-12-34-15-16-36-18-17-35-14-13-33-5/h19,21,24H,6-18H2,1-5H3,(H,26,30)(H,27,32)(H,28,31)/t21-,24-/m0/s1. The van der Waals surface area contributed by atoms with E-state index in [1.807, 2.05) is 20.8 Å². The van der Waals surface area contributed by atoms with Gasteiger partial charge >= 0.3 is 0 Å². The Bertz CT molecular complexity index is 630. The van der Waals surface area contributed by atoms with Crippen molar-refractivity contribution in [3.8, 4) is 0 Å². The predicted octanol–water partition coefficient (Wildman–Crippen LogP) is 0.984. The molecule has 0 aliphatic carbocycles. The van der Waals surface area contributed by atoms with Crippen LogP contribution >= 0.6 is 0 Å². The molecule has 0 aliphatic rings. The summed E-state index contributed by atoms with van der Waals surface area (Å²) in [6, 6.07) is -1.54. The highest BCUT2D eigenvalue weighted by molar-refractivity contribution is 5.92. The lowest BCUT2D eigenvalue weighted by atomic mass is 10.0. The van der Waals surface area contributed by atoms with Gasteiger partial charge in [0, 0.05) is 26.5 Å². The fraction of sp³-hybridized carbons (Fsp3) is 0.840. The van der Waals surface area contributed by atoms with Crippen molar-refractivity contribution in [2.75, 3.05) is 59.9 Å². The maximum Gasteiger partial charge on any atom is 0.243 e. The Morgan fingerprint density at radius 3 is 1.89 bits per heavy atom. The van der Waals surface area contributed by atoms with Gasteiger partial charge in [-0.25, -0.2) is 0 Å². The fourth-order valence-corrected chi connectivity index (χ4v) is 3.07. The monoisotopic (exact) mass is 517 g/mol. The topological polar surface area (TPSA) is 141 Å². The number of ether oxygens (including phenoxy) is 4. The van der Waals surface area contributed by atoms with E-state index in [4.69, 9.17) is 18.9 Å². The molecule has 11 heteroatoms. The van der Waals surface area contributed by atoms with Crippen LogP contribution in [-0.4, -0.2) is 95.5 Å². The van der Waals surface area contributed by atoms with Crippen molar-refractivity contribution < 1.29 is 38.1 Å². The number of carbonyl (C=O) groups excluding carboxylic acids is 4. The van der Waals surface area contributed by atoms with Gasteiger partial charge < -0.3 is 34.9 Å². The number of rotatable bonds is 23. The van der Waals surface area contributed by atoms with Gasteiger partial charge in [0.1, 0.15) is 6.04 Å². The van der Waals surface area contributed by atoms with Gasteiger partial charge in [-0.2, -0.15) is 0 Å². The zero-order valence-electron chi connectivity index (χ0n) is 22.7. The van der Waals surface area contributed by atoms with Crippen molar-refractivity contribution >= 4 is 23.5 Å². The summed E-state index contributed by atoms with van der Waals surface area (Å²) >= 11 is 0. The van der Waals surface area contributed by atoms with Crippen LogP contribution in [0.3, 0.4) is 0 Å². The molecule has 0 heterocycles. The Hall–Kier alpha value is -2.08. The molecule has 0 saturated carbocycles. The number of unbranched alkanes of at least 4 members (excludes halogenated alkanes) is 1. The van der Waals surface area contributed by atoms with Crippen LogP contribution < -0.4 is 16.0 Å². The summed E-state index contributed by atoms with van der Waals surface area (Å²) in [5.74, 6) is -1.25. The second kappa shape index (κ2) is 22.1. The minimum atomic E-state index is -0.802. The fourth-order valence-electron chi connectivity index (χ4n) is 3.07. The highest BCUT2D eigenvalue weighted by Crippen LogP contribution is 2.06. The molecule has 3 N–H and O–H groups in total. The van der Waals surface area contributed by atoms with Crippen LogP contribution in [0.1, 0.15) is 59.8 Å². The third kappa shape index (κ3) is 18.2. The molecule has 11 nitrogen and oxygen atoms in total. The molecule has 0 aromatic rings. The molecule has 0 bridgehead atoms. The summed E-state index contributed by atoms with van der Waals surface area (Å²) in [6.45, 7) is 10.6. The average molecular weight is 518 g/mol. The number of hydrogen-bond acceptors (Lipinski definition) is 8. The summed E-state index contributed by atoms with van der Waals surface area (Å²) in [5.41, 5.74) is 0. The van der Waals surface area contributed by atoms with E-state index in [2.05, 4.69) is 16.0 Å². The van der Waals surface area contributed by atoms with E-state index in [9.17, 15) is 19.2 Å². The highest BCUT2D eigenvalue weighted by atomic mass is 16.6. The van der Waals surface area contributed by atoms with E-state index in [0.29, 0.717) is 59.2 Å². The number of amides is 3. The summed E-state index contributed by atoms with van der Waals surface area (Å²) in [5, 5.41) is 8.17. The second-order valence-corrected chi connectivity index (χ2v) is 8.78. The zero-order valence-corrected chi connectivity index (χ0v) is 22.7. The molecule has 2 atom stereocenters. The molecule has 0 fully saturated rings. The molecule has 0 radical (unpaired) electrons. The zero-order chi connectivity index (χ0) is 27.2. The molecule has 210 valence electrons. The Labute approximate surface area is 215 Å². The molecular formula is C25H47N3O8. The van der Waals surface area contributed by atoms with E-state index in [-0.39, 0.29) is 36.4 Å². The molecule has 0 spiro atoms. The lowest BCUT2D eigenvalue weighted by Crippen LogP contribution is -2.53. The number of hydrogen-bond donors (Lipinski definition) is 3. The molecule has 36 heavy (non-hydrogen) atoms. The molecule has 3 amide bonds. The Morgan fingerprint density at radius 1 is 0.778 bits per heavy atom. The maximum absolute atomic E-state index is 12.7. The normalized spacial score (nSPS) is 12.7. The van der Waals surface area contributed by atoms with Crippen LogP contribution in [0.15, 0.2) is 0 Å². The highest BCUT2D eigenvalue weighted by Gasteiger charge is 2.27. The van der Waals surface area contributed by atoms with E-state index < -0.39 is 18.0 Å². The summed E-state index contributed by atoms with van der Waals surface area (Å²) < 4.78 is 20.9. The Balaban J connectivity index is 4.17. The van der Waals surface area contributed by atoms with Gasteiger partial charge in [0.25, 0.3) is 0 Å². The van der Waals surface area contributed by atoms with Gasteiger partial charge in [0.15, 0.2) is 5.78 Å². The first-order valence-electron chi connectivity index (χ1n) is 12.8. The molecule has 0 unspecified atom stereocenters. The van der Waals surface area contributed by atoms with Crippen LogP contribution in [0.4, 0.5) is 0 Å². The number of methoxy groups -OCH3 is 1. The number of Topliss-reactive ketones (excluding diaryl/α,β-unsaturated/α-hetero) is 1. The van der Waals surface area contributed by atoms with E-state index in [1.165, 1.54) is 6.92 Å². The quantitative estimate of drug-likeness (QED) is 0.170. The smallest absolute Gasteiger partial charge is 0.243 e. The third-order valence-corrected chi connectivity index (χ3v) is 5.23. The van der Waals surface area contributed by atoms with Crippen molar-refractivity contribution in [3.63, 3.8) is 0 Å². The predicted molar refractivity (Wildman–Crippen MR) is 135 cm³/mol. The largest absolute Gasteiger partial charge is 0.382 e. The van der Waals surface area contributed by atoms with Gasteiger partial charge in [-0.1, -0.05) is 27.2 Å². The lowest BCUT2D eigenvalue weighted by molar-refractivity contribution is -0.132. The number of nitrogens with one attached hydrogen (secondary N) is 3. The van der Waals surface area contributed by atoms with Crippen molar-refractivity contribution in [1.29, 1.82) is 0 Å². The summed E-state index contributed by atoms with van der Waals surface area (Å²) in [4.78, 5) is 49.0. The Kier molecular flexibility index (Phi) is 20.9. The molecule has 0 aromatic carbocycles. The van der Waals surface area contributed by atoms with E-state index in [0.717, 1.165) is 12.8 Å². The number of carbonyl (C=O) groups is 4. The molecule has 0 rings (SSSR count). The van der Waals surface area contributed by atoms with Gasteiger partial charge in [-0.05, 0) is 25.7 Å². The second-order valence-electron chi connectivity index (χ2n) is 8.78. The van der Waals surface area contributed by atoms with Gasteiger partial charge in [-0.15, -0.1) is 0 Å². The van der Waals surface area contributed by atoms with Gasteiger partial charge in [0.05, 0.1) is 52.3 Å². The van der Waals surface area contributed by atoms with Crippen LogP contribution in [0.5, 0.6) is 0 Å². The SMILES string of the molecule is CCCCC(=O)N[C@H](C(=O)N[C@@H](CCC(=O)NCCOCCOCCOCCOC)C(C)=O)C(C)C.